The van der Waals surface area contributed by atoms with Gasteiger partial charge in [0.05, 0.1) is 12.1 Å². The molecule has 1 aliphatic carbocycles. The third-order valence-electron chi connectivity index (χ3n) is 5.73. The van der Waals surface area contributed by atoms with Gasteiger partial charge in [-0.25, -0.2) is 8.42 Å². The average Bonchev–Trinajstić information content (AvgIpc) is 3.22. The molecule has 0 spiro atoms. The third-order valence-corrected chi connectivity index (χ3v) is 9.01. The number of aliphatic hydroxyl groups is 1. The van der Waals surface area contributed by atoms with Gasteiger partial charge >= 0.3 is 0 Å². The fraction of sp³-hybridized carbons (Fsp3) is 0.737. The van der Waals surface area contributed by atoms with Crippen LogP contribution in [-0.4, -0.2) is 60.4 Å². The molecule has 2 atom stereocenters. The van der Waals surface area contributed by atoms with Crippen molar-refractivity contribution in [2.75, 3.05) is 19.6 Å². The molecule has 1 aromatic rings. The van der Waals surface area contributed by atoms with Crippen molar-refractivity contribution in [2.45, 2.75) is 68.2 Å². The maximum Gasteiger partial charge on any atom is 0.252 e. The van der Waals surface area contributed by atoms with Gasteiger partial charge in [0.2, 0.25) is 5.91 Å². The van der Waals surface area contributed by atoms with Crippen LogP contribution in [0.4, 0.5) is 0 Å². The highest BCUT2D eigenvalue weighted by molar-refractivity contribution is 7.91. The van der Waals surface area contributed by atoms with Crippen molar-refractivity contribution in [2.24, 2.45) is 5.92 Å². The largest absolute Gasteiger partial charge is 0.391 e. The molecule has 1 N–H and O–H groups in total. The molecule has 1 saturated carbocycles. The lowest BCUT2D eigenvalue weighted by Gasteiger charge is -2.40. The summed E-state index contributed by atoms with van der Waals surface area (Å²) in [4.78, 5) is 15.1. The van der Waals surface area contributed by atoms with Crippen LogP contribution < -0.4 is 0 Å². The Balaban J connectivity index is 1.64. The Bertz CT molecular complexity index is 712. The van der Waals surface area contributed by atoms with Gasteiger partial charge in [-0.1, -0.05) is 25.8 Å². The van der Waals surface area contributed by atoms with E-state index in [4.69, 9.17) is 0 Å². The van der Waals surface area contributed by atoms with Crippen LogP contribution in [-0.2, 0) is 14.8 Å². The molecule has 0 radical (unpaired) electrons. The minimum Gasteiger partial charge on any atom is -0.391 e. The Morgan fingerprint density at radius 3 is 2.56 bits per heavy atom. The molecule has 152 valence electrons. The van der Waals surface area contributed by atoms with Crippen LogP contribution in [0.2, 0.25) is 0 Å². The average molecular weight is 415 g/mol. The standard InChI is InChI=1S/C19H30N2O4S2/c1-2-11-21(16-6-3-4-7-17(16)22)19(23)15-9-12-20(13-10-15)27(24,25)18-8-5-14-26-18/h5,8,14-17,22H,2-4,6-7,9-13H2,1H3/t16-,17+/m0/s1. The van der Waals surface area contributed by atoms with Crippen molar-refractivity contribution in [3.8, 4) is 0 Å². The number of carbonyl (C=O) groups excluding carboxylic acids is 1. The molecule has 27 heavy (non-hydrogen) atoms. The summed E-state index contributed by atoms with van der Waals surface area (Å²) >= 11 is 1.23. The summed E-state index contributed by atoms with van der Waals surface area (Å²) in [5.74, 6) is -0.0589. The monoisotopic (exact) mass is 414 g/mol. The van der Waals surface area contributed by atoms with Crippen molar-refractivity contribution in [3.63, 3.8) is 0 Å². The Hall–Kier alpha value is -0.960. The maximum atomic E-state index is 13.2. The van der Waals surface area contributed by atoms with Crippen molar-refractivity contribution in [1.29, 1.82) is 0 Å². The van der Waals surface area contributed by atoms with Crippen molar-refractivity contribution < 1.29 is 18.3 Å². The molecule has 0 bridgehead atoms. The molecule has 2 aliphatic rings. The van der Waals surface area contributed by atoms with Gasteiger partial charge in [0.25, 0.3) is 10.0 Å². The number of nitrogens with zero attached hydrogens (tertiary/aromatic N) is 2. The molecule has 8 heteroatoms. The van der Waals surface area contributed by atoms with E-state index in [2.05, 4.69) is 0 Å². The van der Waals surface area contributed by atoms with E-state index >= 15 is 0 Å². The SMILES string of the molecule is CCCN(C(=O)C1CCN(S(=O)(=O)c2cccs2)CC1)[C@H]1CCCC[C@H]1O. The van der Waals surface area contributed by atoms with Crippen molar-refractivity contribution in [3.05, 3.63) is 17.5 Å². The zero-order valence-electron chi connectivity index (χ0n) is 15.9. The summed E-state index contributed by atoms with van der Waals surface area (Å²) in [6, 6.07) is 3.29. The number of aliphatic hydroxyl groups excluding tert-OH is 1. The lowest BCUT2D eigenvalue weighted by Crippen LogP contribution is -2.52. The fourth-order valence-corrected chi connectivity index (χ4v) is 6.86. The number of hydrogen-bond acceptors (Lipinski definition) is 5. The predicted molar refractivity (Wildman–Crippen MR) is 106 cm³/mol. The van der Waals surface area contributed by atoms with E-state index in [0.717, 1.165) is 32.1 Å². The molecule has 2 fully saturated rings. The van der Waals surface area contributed by atoms with Gasteiger partial charge in [-0.3, -0.25) is 4.79 Å². The third kappa shape index (κ3) is 4.55. The summed E-state index contributed by atoms with van der Waals surface area (Å²) < 4.78 is 27.2. The summed E-state index contributed by atoms with van der Waals surface area (Å²) in [5.41, 5.74) is 0. The van der Waals surface area contributed by atoms with E-state index in [1.165, 1.54) is 15.6 Å². The Kier molecular flexibility index (Phi) is 6.94. The predicted octanol–water partition coefficient (Wildman–Crippen LogP) is 2.69. The molecule has 1 saturated heterocycles. The van der Waals surface area contributed by atoms with Crippen molar-refractivity contribution >= 4 is 27.3 Å². The van der Waals surface area contributed by atoms with Crippen LogP contribution in [0, 0.1) is 5.92 Å². The van der Waals surface area contributed by atoms with E-state index in [1.54, 1.807) is 17.5 Å². The summed E-state index contributed by atoms with van der Waals surface area (Å²) in [6.07, 6.45) is 5.21. The zero-order chi connectivity index (χ0) is 19.4. The number of piperidine rings is 1. The lowest BCUT2D eigenvalue weighted by atomic mass is 9.89. The van der Waals surface area contributed by atoms with Crippen LogP contribution in [0.1, 0.15) is 51.9 Å². The number of hydrogen-bond donors (Lipinski definition) is 1. The number of sulfonamides is 1. The van der Waals surface area contributed by atoms with Gasteiger partial charge in [-0.05, 0) is 43.6 Å². The Labute approximate surface area is 166 Å². The van der Waals surface area contributed by atoms with E-state index in [0.29, 0.717) is 36.7 Å². The number of carbonyl (C=O) groups is 1. The maximum absolute atomic E-state index is 13.2. The summed E-state index contributed by atoms with van der Waals surface area (Å²) in [7, 11) is -3.44. The molecule has 1 amide bonds. The van der Waals surface area contributed by atoms with E-state index in [1.807, 2.05) is 11.8 Å². The minimum atomic E-state index is -3.44. The van der Waals surface area contributed by atoms with Gasteiger partial charge in [0.15, 0.2) is 0 Å². The molecule has 2 heterocycles. The number of thiophene rings is 1. The molecular weight excluding hydrogens is 384 g/mol. The number of amides is 1. The molecular formula is C19H30N2O4S2. The first kappa shape index (κ1) is 20.8. The lowest BCUT2D eigenvalue weighted by molar-refractivity contribution is -0.143. The van der Waals surface area contributed by atoms with E-state index < -0.39 is 16.1 Å². The Morgan fingerprint density at radius 1 is 1.26 bits per heavy atom. The zero-order valence-corrected chi connectivity index (χ0v) is 17.6. The van der Waals surface area contributed by atoms with Gasteiger partial charge in [-0.15, -0.1) is 11.3 Å². The first-order chi connectivity index (χ1) is 12.9. The first-order valence-electron chi connectivity index (χ1n) is 9.97. The van der Waals surface area contributed by atoms with E-state index in [-0.39, 0.29) is 17.9 Å². The van der Waals surface area contributed by atoms with Crippen LogP contribution >= 0.6 is 11.3 Å². The summed E-state index contributed by atoms with van der Waals surface area (Å²) in [6.45, 7) is 3.47. The molecule has 0 aromatic carbocycles. The topological polar surface area (TPSA) is 77.9 Å². The van der Waals surface area contributed by atoms with Gasteiger partial charge in [-0.2, -0.15) is 4.31 Å². The second-order valence-electron chi connectivity index (χ2n) is 7.56. The van der Waals surface area contributed by atoms with Gasteiger partial charge < -0.3 is 10.0 Å². The van der Waals surface area contributed by atoms with Crippen molar-refractivity contribution in [1.82, 2.24) is 9.21 Å². The van der Waals surface area contributed by atoms with Gasteiger partial charge in [0, 0.05) is 25.6 Å². The molecule has 3 rings (SSSR count). The Morgan fingerprint density at radius 2 is 1.96 bits per heavy atom. The summed E-state index contributed by atoms with van der Waals surface area (Å²) in [5, 5.41) is 12.2. The van der Waals surface area contributed by atoms with Crippen LogP contribution in [0.5, 0.6) is 0 Å². The molecule has 6 nitrogen and oxygen atoms in total. The highest BCUT2D eigenvalue weighted by Gasteiger charge is 2.37. The first-order valence-corrected chi connectivity index (χ1v) is 12.3. The smallest absolute Gasteiger partial charge is 0.252 e. The normalized spacial score (nSPS) is 25.4. The highest BCUT2D eigenvalue weighted by Crippen LogP contribution is 2.30. The molecule has 1 aromatic heterocycles. The second-order valence-corrected chi connectivity index (χ2v) is 10.7. The van der Waals surface area contributed by atoms with Crippen LogP contribution in [0.15, 0.2) is 21.7 Å². The molecule has 1 aliphatic heterocycles. The second kappa shape index (κ2) is 9.03. The molecule has 0 unspecified atom stereocenters. The minimum absolute atomic E-state index is 0.0842. The quantitative estimate of drug-likeness (QED) is 0.776. The van der Waals surface area contributed by atoms with Crippen LogP contribution in [0.3, 0.4) is 0 Å². The fourth-order valence-electron chi connectivity index (χ4n) is 4.25. The van der Waals surface area contributed by atoms with Gasteiger partial charge in [0.1, 0.15) is 4.21 Å². The highest BCUT2D eigenvalue weighted by atomic mass is 32.2. The van der Waals surface area contributed by atoms with E-state index in [9.17, 15) is 18.3 Å². The van der Waals surface area contributed by atoms with Crippen LogP contribution in [0.25, 0.3) is 0 Å². The number of rotatable bonds is 6.